The molecule has 0 spiro atoms. The molecule has 12 heteroatoms. The van der Waals surface area contributed by atoms with E-state index >= 15 is 0 Å². The van der Waals surface area contributed by atoms with Gasteiger partial charge in [-0.05, 0) is 57.5 Å². The zero-order valence-electron chi connectivity index (χ0n) is 19.4. The summed E-state index contributed by atoms with van der Waals surface area (Å²) in [5, 5.41) is 10.7. The van der Waals surface area contributed by atoms with Crippen molar-refractivity contribution in [1.82, 2.24) is 20.1 Å². The summed E-state index contributed by atoms with van der Waals surface area (Å²) in [6.07, 6.45) is 0.867. The maximum absolute atomic E-state index is 13.5. The standard InChI is InChI=1S/C23H23Cl2N5O5/c1-12-8-13(24)9-14(21(31)28-23(2,3)4)19(12)27-22(32)16-10-17(34-18-11-33-35-18)29-30(16)20-15(25)6-5-7-26-20/h5-10,18H,11H2,1-4H3,(H,27,32)(H,28,31). The Morgan fingerprint density at radius 3 is 2.57 bits per heavy atom. The molecule has 0 saturated carbocycles. The molecule has 1 atom stereocenters. The van der Waals surface area contributed by atoms with Gasteiger partial charge >= 0.3 is 0 Å². The van der Waals surface area contributed by atoms with Gasteiger partial charge in [-0.3, -0.25) is 9.59 Å². The van der Waals surface area contributed by atoms with Crippen molar-refractivity contribution in [3.05, 3.63) is 63.4 Å². The zero-order chi connectivity index (χ0) is 25.3. The van der Waals surface area contributed by atoms with E-state index in [4.69, 9.17) is 32.8 Å². The number of carbonyl (C=O) groups is 2. The predicted octanol–water partition coefficient (Wildman–Crippen LogP) is 4.33. The first-order valence-corrected chi connectivity index (χ1v) is 11.4. The van der Waals surface area contributed by atoms with E-state index in [0.29, 0.717) is 16.3 Å². The summed E-state index contributed by atoms with van der Waals surface area (Å²) in [4.78, 5) is 40.2. The fraction of sp³-hybridized carbons (Fsp3) is 0.304. The highest BCUT2D eigenvalue weighted by atomic mass is 35.5. The van der Waals surface area contributed by atoms with Crippen LogP contribution in [0.15, 0.2) is 36.5 Å². The molecule has 1 saturated heterocycles. The van der Waals surface area contributed by atoms with Crippen molar-refractivity contribution in [2.75, 3.05) is 11.9 Å². The van der Waals surface area contributed by atoms with Crippen LogP contribution in [0.5, 0.6) is 5.88 Å². The van der Waals surface area contributed by atoms with Crippen LogP contribution in [-0.4, -0.2) is 45.0 Å². The molecule has 1 aromatic carbocycles. The van der Waals surface area contributed by atoms with Crippen molar-refractivity contribution in [3.63, 3.8) is 0 Å². The molecule has 0 aliphatic carbocycles. The molecule has 3 heterocycles. The highest BCUT2D eigenvalue weighted by molar-refractivity contribution is 6.32. The van der Waals surface area contributed by atoms with E-state index in [1.165, 1.54) is 23.0 Å². The first kappa shape index (κ1) is 24.9. The number of aromatic nitrogens is 3. The maximum Gasteiger partial charge on any atom is 0.274 e. The van der Waals surface area contributed by atoms with Crippen LogP contribution in [-0.2, 0) is 9.78 Å². The fourth-order valence-corrected chi connectivity index (χ4v) is 3.73. The van der Waals surface area contributed by atoms with Crippen LogP contribution >= 0.6 is 23.2 Å². The largest absolute Gasteiger partial charge is 0.441 e. The monoisotopic (exact) mass is 519 g/mol. The lowest BCUT2D eigenvalue weighted by molar-refractivity contribution is -0.466. The van der Waals surface area contributed by atoms with Crippen LogP contribution in [0, 0.1) is 6.92 Å². The second-order valence-corrected chi connectivity index (χ2v) is 9.66. The van der Waals surface area contributed by atoms with E-state index in [0.717, 1.165) is 0 Å². The van der Waals surface area contributed by atoms with Gasteiger partial charge in [-0.25, -0.2) is 14.6 Å². The van der Waals surface area contributed by atoms with Gasteiger partial charge in [0.05, 0.1) is 16.3 Å². The third-order valence-corrected chi connectivity index (χ3v) is 5.28. The number of halogens is 2. The summed E-state index contributed by atoms with van der Waals surface area (Å²) in [5.41, 5.74) is 0.694. The molecule has 4 rings (SSSR count). The fourth-order valence-electron chi connectivity index (χ4n) is 3.26. The van der Waals surface area contributed by atoms with Crippen LogP contribution in [0.3, 0.4) is 0 Å². The lowest BCUT2D eigenvalue weighted by Crippen LogP contribution is -2.41. The van der Waals surface area contributed by atoms with Gasteiger partial charge in [0.2, 0.25) is 5.88 Å². The summed E-state index contributed by atoms with van der Waals surface area (Å²) < 4.78 is 6.83. The number of pyridine rings is 1. The second-order valence-electron chi connectivity index (χ2n) is 8.82. The van der Waals surface area contributed by atoms with Crippen molar-refractivity contribution in [2.45, 2.75) is 39.5 Å². The van der Waals surface area contributed by atoms with E-state index < -0.39 is 17.7 Å². The van der Waals surface area contributed by atoms with Crippen LogP contribution in [0.1, 0.15) is 47.2 Å². The Morgan fingerprint density at radius 2 is 1.94 bits per heavy atom. The van der Waals surface area contributed by atoms with Gasteiger partial charge in [-0.15, -0.1) is 5.10 Å². The number of ether oxygens (including phenoxy) is 1. The highest BCUT2D eigenvalue weighted by Gasteiger charge is 2.28. The van der Waals surface area contributed by atoms with Gasteiger partial charge in [0, 0.05) is 22.8 Å². The maximum atomic E-state index is 13.5. The lowest BCUT2D eigenvalue weighted by Gasteiger charge is -2.23. The molecule has 1 aliphatic heterocycles. The zero-order valence-corrected chi connectivity index (χ0v) is 20.9. The third kappa shape index (κ3) is 5.73. The Labute approximate surface area is 211 Å². The number of carbonyl (C=O) groups excluding carboxylic acids is 2. The minimum Gasteiger partial charge on any atom is -0.441 e. The van der Waals surface area contributed by atoms with E-state index in [1.54, 1.807) is 25.1 Å². The van der Waals surface area contributed by atoms with Crippen molar-refractivity contribution >= 4 is 40.7 Å². The van der Waals surface area contributed by atoms with Gasteiger partial charge in [0.1, 0.15) is 12.3 Å². The molecular formula is C23H23Cl2N5O5. The van der Waals surface area contributed by atoms with Gasteiger partial charge in [0.25, 0.3) is 18.1 Å². The Kier molecular flexibility index (Phi) is 7.00. The minimum absolute atomic E-state index is 0.0670. The summed E-state index contributed by atoms with van der Waals surface area (Å²) in [6, 6.07) is 7.85. The molecule has 10 nitrogen and oxygen atoms in total. The van der Waals surface area contributed by atoms with E-state index in [1.807, 2.05) is 20.8 Å². The number of hydrogen-bond acceptors (Lipinski definition) is 7. The third-order valence-electron chi connectivity index (χ3n) is 4.76. The Hall–Kier alpha value is -3.18. The molecule has 0 bridgehead atoms. The molecule has 1 fully saturated rings. The number of anilines is 1. The first-order valence-electron chi connectivity index (χ1n) is 10.6. The molecule has 1 unspecified atom stereocenters. The SMILES string of the molecule is Cc1cc(Cl)cc(C(=O)NC(C)(C)C)c1NC(=O)c1cc(OC2COO2)nn1-c1ncccc1Cl. The van der Waals surface area contributed by atoms with Crippen LogP contribution in [0.4, 0.5) is 5.69 Å². The van der Waals surface area contributed by atoms with Crippen molar-refractivity contribution < 1.29 is 24.1 Å². The van der Waals surface area contributed by atoms with Crippen LogP contribution in [0.25, 0.3) is 5.82 Å². The summed E-state index contributed by atoms with van der Waals surface area (Å²) in [6.45, 7) is 7.52. The molecule has 184 valence electrons. The Bertz CT molecular complexity index is 1280. The van der Waals surface area contributed by atoms with E-state index in [-0.39, 0.29) is 40.5 Å². The van der Waals surface area contributed by atoms with Crippen molar-refractivity contribution in [3.8, 4) is 11.7 Å². The van der Waals surface area contributed by atoms with Gasteiger partial charge in [-0.2, -0.15) is 4.89 Å². The predicted molar refractivity (Wildman–Crippen MR) is 129 cm³/mol. The quantitative estimate of drug-likeness (QED) is 0.465. The molecule has 1 aliphatic rings. The van der Waals surface area contributed by atoms with Crippen molar-refractivity contribution in [1.29, 1.82) is 0 Å². The van der Waals surface area contributed by atoms with Gasteiger partial charge in [-0.1, -0.05) is 23.2 Å². The summed E-state index contributed by atoms with van der Waals surface area (Å²) in [5.74, 6) is -0.636. The highest BCUT2D eigenvalue weighted by Crippen LogP contribution is 2.29. The number of hydrogen-bond donors (Lipinski definition) is 2. The summed E-state index contributed by atoms with van der Waals surface area (Å²) >= 11 is 12.5. The van der Waals surface area contributed by atoms with E-state index in [2.05, 4.69) is 25.6 Å². The molecule has 3 aromatic rings. The number of aryl methyl sites for hydroxylation is 1. The molecule has 2 N–H and O–H groups in total. The number of benzene rings is 1. The normalized spacial score (nSPS) is 15.3. The molecule has 35 heavy (non-hydrogen) atoms. The Balaban J connectivity index is 1.72. The average molecular weight is 520 g/mol. The van der Waals surface area contributed by atoms with Gasteiger partial charge < -0.3 is 15.4 Å². The van der Waals surface area contributed by atoms with Crippen LogP contribution < -0.4 is 15.4 Å². The van der Waals surface area contributed by atoms with Crippen LogP contribution in [0.2, 0.25) is 10.0 Å². The average Bonchev–Trinajstić information content (AvgIpc) is 3.15. The number of rotatable bonds is 6. The number of nitrogens with one attached hydrogen (secondary N) is 2. The first-order chi connectivity index (χ1) is 16.5. The second kappa shape index (κ2) is 9.82. The topological polar surface area (TPSA) is 117 Å². The minimum atomic E-state index is -0.653. The number of amides is 2. The number of nitrogens with zero attached hydrogens (tertiary/aromatic N) is 3. The van der Waals surface area contributed by atoms with E-state index in [9.17, 15) is 9.59 Å². The smallest absolute Gasteiger partial charge is 0.274 e. The summed E-state index contributed by atoms with van der Waals surface area (Å²) in [7, 11) is 0. The molecular weight excluding hydrogens is 497 g/mol. The Morgan fingerprint density at radius 1 is 1.20 bits per heavy atom. The molecule has 2 aromatic heterocycles. The molecule has 2 amide bonds. The van der Waals surface area contributed by atoms with Gasteiger partial charge in [0.15, 0.2) is 5.82 Å². The van der Waals surface area contributed by atoms with Crippen molar-refractivity contribution in [2.24, 2.45) is 0 Å². The molecule has 0 radical (unpaired) electrons. The lowest BCUT2D eigenvalue weighted by atomic mass is 10.0.